The van der Waals surface area contributed by atoms with E-state index in [1.807, 2.05) is 11.8 Å². The van der Waals surface area contributed by atoms with E-state index in [-0.39, 0.29) is 12.2 Å². The number of thiophene rings is 1. The molecule has 0 saturated carbocycles. The van der Waals surface area contributed by atoms with Gasteiger partial charge < -0.3 is 4.90 Å². The van der Waals surface area contributed by atoms with Crippen LogP contribution < -0.4 is 5.32 Å². The molecule has 0 spiro atoms. The summed E-state index contributed by atoms with van der Waals surface area (Å²) in [6, 6.07) is 2.15. The molecule has 3 atom stereocenters. The molecule has 2 fully saturated rings. The van der Waals surface area contributed by atoms with Crippen molar-refractivity contribution in [3.8, 4) is 0 Å². The van der Waals surface area contributed by atoms with Gasteiger partial charge in [0.1, 0.15) is 6.17 Å². The highest BCUT2D eigenvalue weighted by Crippen LogP contribution is 2.32. The van der Waals surface area contributed by atoms with Gasteiger partial charge in [0.25, 0.3) is 0 Å². The SMILES string of the molecule is CCCC1NC(c2ccsc2)N(CC2CCSC2)C1=O. The maximum atomic E-state index is 12.6. The molecular formula is C15H22N2OS2. The maximum Gasteiger partial charge on any atom is 0.241 e. The molecule has 1 N–H and O–H groups in total. The van der Waals surface area contributed by atoms with Gasteiger partial charge in [-0.05, 0) is 52.7 Å². The number of carbonyl (C=O) groups excluding carboxylic acids is 1. The van der Waals surface area contributed by atoms with Crippen LogP contribution in [-0.4, -0.2) is 34.9 Å². The van der Waals surface area contributed by atoms with E-state index in [1.54, 1.807) is 11.3 Å². The van der Waals surface area contributed by atoms with Crippen molar-refractivity contribution in [2.24, 2.45) is 5.92 Å². The number of carbonyl (C=O) groups is 1. The smallest absolute Gasteiger partial charge is 0.241 e. The van der Waals surface area contributed by atoms with Crippen LogP contribution >= 0.6 is 23.1 Å². The number of hydrogen-bond donors (Lipinski definition) is 1. The monoisotopic (exact) mass is 310 g/mol. The molecule has 2 aliphatic heterocycles. The van der Waals surface area contributed by atoms with E-state index in [9.17, 15) is 4.79 Å². The van der Waals surface area contributed by atoms with Gasteiger partial charge in [-0.3, -0.25) is 10.1 Å². The van der Waals surface area contributed by atoms with E-state index >= 15 is 0 Å². The third-order valence-electron chi connectivity index (χ3n) is 4.17. The predicted octanol–water partition coefficient (Wildman–Crippen LogP) is 3.10. The lowest BCUT2D eigenvalue weighted by Crippen LogP contribution is -2.35. The molecule has 0 bridgehead atoms. The summed E-state index contributed by atoms with van der Waals surface area (Å²) in [6.07, 6.45) is 3.34. The quantitative estimate of drug-likeness (QED) is 0.907. The fourth-order valence-electron chi connectivity index (χ4n) is 3.08. The molecule has 0 aliphatic carbocycles. The van der Waals surface area contributed by atoms with Gasteiger partial charge in [-0.1, -0.05) is 13.3 Å². The summed E-state index contributed by atoms with van der Waals surface area (Å²) in [5.41, 5.74) is 1.24. The Morgan fingerprint density at radius 2 is 2.40 bits per heavy atom. The number of amides is 1. The van der Waals surface area contributed by atoms with Gasteiger partial charge in [-0.25, -0.2) is 0 Å². The van der Waals surface area contributed by atoms with Crippen LogP contribution in [0.2, 0.25) is 0 Å². The molecule has 0 radical (unpaired) electrons. The van der Waals surface area contributed by atoms with Gasteiger partial charge in [0.05, 0.1) is 6.04 Å². The Bertz CT molecular complexity index is 443. The second-order valence-electron chi connectivity index (χ2n) is 5.69. The molecule has 1 amide bonds. The molecule has 2 saturated heterocycles. The van der Waals surface area contributed by atoms with E-state index in [0.29, 0.717) is 11.8 Å². The van der Waals surface area contributed by atoms with Gasteiger partial charge in [-0.2, -0.15) is 23.1 Å². The van der Waals surface area contributed by atoms with Gasteiger partial charge in [0, 0.05) is 6.54 Å². The minimum Gasteiger partial charge on any atom is -0.321 e. The lowest BCUT2D eigenvalue weighted by molar-refractivity contribution is -0.130. The van der Waals surface area contributed by atoms with E-state index < -0.39 is 0 Å². The molecular weight excluding hydrogens is 288 g/mol. The molecule has 1 aromatic rings. The molecule has 110 valence electrons. The lowest BCUT2D eigenvalue weighted by Gasteiger charge is -2.26. The zero-order valence-corrected chi connectivity index (χ0v) is 13.5. The Kier molecular flexibility index (Phi) is 4.68. The highest BCUT2D eigenvalue weighted by atomic mass is 32.2. The lowest BCUT2D eigenvalue weighted by atomic mass is 10.1. The summed E-state index contributed by atoms with van der Waals surface area (Å²) in [7, 11) is 0. The standard InChI is InChI=1S/C15H22N2OS2/c1-2-3-13-15(18)17(8-11-4-6-19-9-11)14(16-13)12-5-7-20-10-12/h5,7,10-11,13-14,16H,2-4,6,8-9H2,1H3. The van der Waals surface area contributed by atoms with E-state index in [2.05, 4.69) is 34.0 Å². The van der Waals surface area contributed by atoms with Crippen LogP contribution in [0.1, 0.15) is 37.9 Å². The number of thioether (sulfide) groups is 1. The molecule has 20 heavy (non-hydrogen) atoms. The van der Waals surface area contributed by atoms with Crippen molar-refractivity contribution in [1.82, 2.24) is 10.2 Å². The molecule has 1 aromatic heterocycles. The van der Waals surface area contributed by atoms with Crippen molar-refractivity contribution in [2.75, 3.05) is 18.1 Å². The summed E-state index contributed by atoms with van der Waals surface area (Å²) in [5.74, 6) is 3.44. The predicted molar refractivity (Wildman–Crippen MR) is 86.0 cm³/mol. The highest BCUT2D eigenvalue weighted by Gasteiger charge is 2.40. The topological polar surface area (TPSA) is 32.3 Å². The number of hydrogen-bond acceptors (Lipinski definition) is 4. The van der Waals surface area contributed by atoms with E-state index in [1.165, 1.54) is 23.5 Å². The Morgan fingerprint density at radius 3 is 3.05 bits per heavy atom. The highest BCUT2D eigenvalue weighted by molar-refractivity contribution is 7.99. The third-order valence-corrected chi connectivity index (χ3v) is 6.10. The van der Waals surface area contributed by atoms with Crippen LogP contribution in [0.4, 0.5) is 0 Å². The van der Waals surface area contributed by atoms with E-state index in [0.717, 1.165) is 19.4 Å². The molecule has 5 heteroatoms. The Balaban J connectivity index is 1.76. The zero-order chi connectivity index (χ0) is 13.9. The number of nitrogens with zero attached hydrogens (tertiary/aromatic N) is 1. The Labute approximate surface area is 129 Å². The van der Waals surface area contributed by atoms with Crippen LogP contribution in [0.5, 0.6) is 0 Å². The van der Waals surface area contributed by atoms with Crippen molar-refractivity contribution in [2.45, 2.75) is 38.4 Å². The first-order valence-corrected chi connectivity index (χ1v) is 9.55. The Hall–Kier alpha value is -0.520. The Morgan fingerprint density at radius 1 is 1.50 bits per heavy atom. The summed E-state index contributed by atoms with van der Waals surface area (Å²) in [4.78, 5) is 14.7. The first-order valence-electron chi connectivity index (χ1n) is 7.46. The van der Waals surface area contributed by atoms with Crippen LogP contribution in [0.25, 0.3) is 0 Å². The fourth-order valence-corrected chi connectivity index (χ4v) is 5.03. The van der Waals surface area contributed by atoms with Gasteiger partial charge in [-0.15, -0.1) is 0 Å². The molecule has 3 nitrogen and oxygen atoms in total. The summed E-state index contributed by atoms with van der Waals surface area (Å²) >= 11 is 3.73. The van der Waals surface area contributed by atoms with Gasteiger partial charge >= 0.3 is 0 Å². The van der Waals surface area contributed by atoms with Gasteiger partial charge in [0.2, 0.25) is 5.91 Å². The molecule has 3 unspecified atom stereocenters. The molecule has 3 heterocycles. The molecule has 3 rings (SSSR count). The van der Waals surface area contributed by atoms with Crippen molar-refractivity contribution >= 4 is 29.0 Å². The summed E-state index contributed by atoms with van der Waals surface area (Å²) < 4.78 is 0. The average Bonchev–Trinajstić information content (AvgIpc) is 3.16. The summed E-state index contributed by atoms with van der Waals surface area (Å²) in [5, 5.41) is 7.80. The minimum atomic E-state index is 0.0129. The van der Waals surface area contributed by atoms with E-state index in [4.69, 9.17) is 0 Å². The van der Waals surface area contributed by atoms with Crippen molar-refractivity contribution in [3.05, 3.63) is 22.4 Å². The minimum absolute atomic E-state index is 0.0129. The van der Waals surface area contributed by atoms with Crippen molar-refractivity contribution < 1.29 is 4.79 Å². The fraction of sp³-hybridized carbons (Fsp3) is 0.667. The van der Waals surface area contributed by atoms with Crippen molar-refractivity contribution in [3.63, 3.8) is 0 Å². The van der Waals surface area contributed by atoms with Crippen LogP contribution in [0, 0.1) is 5.92 Å². The first kappa shape index (κ1) is 14.4. The van der Waals surface area contributed by atoms with Crippen LogP contribution in [-0.2, 0) is 4.79 Å². The second-order valence-corrected chi connectivity index (χ2v) is 7.62. The molecule has 0 aromatic carbocycles. The molecule has 2 aliphatic rings. The average molecular weight is 310 g/mol. The maximum absolute atomic E-state index is 12.6. The first-order chi connectivity index (χ1) is 9.79. The third kappa shape index (κ3) is 2.90. The number of nitrogens with one attached hydrogen (secondary N) is 1. The normalized spacial score (nSPS) is 30.4. The van der Waals surface area contributed by atoms with Crippen LogP contribution in [0.15, 0.2) is 16.8 Å². The largest absolute Gasteiger partial charge is 0.321 e. The summed E-state index contributed by atoms with van der Waals surface area (Å²) in [6.45, 7) is 3.06. The van der Waals surface area contributed by atoms with Crippen molar-refractivity contribution in [1.29, 1.82) is 0 Å². The number of rotatable bonds is 5. The second kappa shape index (κ2) is 6.50. The zero-order valence-electron chi connectivity index (χ0n) is 11.9. The van der Waals surface area contributed by atoms with Gasteiger partial charge in [0.15, 0.2) is 0 Å². The van der Waals surface area contributed by atoms with Crippen LogP contribution in [0.3, 0.4) is 0 Å².